The molecule has 0 bridgehead atoms. The van der Waals surface area contributed by atoms with E-state index in [4.69, 9.17) is 4.74 Å². The molecule has 0 spiro atoms. The molecule has 0 fully saturated rings. The van der Waals surface area contributed by atoms with Crippen LogP contribution in [0.15, 0.2) is 23.2 Å². The number of unbranched alkanes of at least 4 members (excludes halogenated alkanes) is 3. The minimum absolute atomic E-state index is 0. The number of nitrogens with zero attached hydrogens (tertiary/aromatic N) is 1. The fourth-order valence-corrected chi connectivity index (χ4v) is 2.64. The zero-order valence-corrected chi connectivity index (χ0v) is 19.6. The van der Waals surface area contributed by atoms with Crippen LogP contribution in [0.2, 0.25) is 0 Å². The van der Waals surface area contributed by atoms with E-state index in [-0.39, 0.29) is 35.7 Å². The molecule has 0 atom stereocenters. The Labute approximate surface area is 188 Å². The van der Waals surface area contributed by atoms with E-state index in [1.807, 2.05) is 13.0 Å². The van der Waals surface area contributed by atoms with Crippen LogP contribution < -0.4 is 15.4 Å². The standard InChI is InChI=1S/C20H31F2N3O3.HI/c1-4-27-18(26)9-7-5-6-8-12-24-20(23-3)25-14-16-13-15(2)10-11-17(16)28-19(21)22;/h10-11,13,19H,4-9,12,14H2,1-3H3,(H2,23,24,25);1H. The monoisotopic (exact) mass is 527 g/mol. The van der Waals surface area contributed by atoms with E-state index >= 15 is 0 Å². The number of carbonyl (C=O) groups excluding carboxylic acids is 1. The van der Waals surface area contributed by atoms with Crippen molar-refractivity contribution in [1.82, 2.24) is 10.6 Å². The van der Waals surface area contributed by atoms with Gasteiger partial charge in [0.25, 0.3) is 0 Å². The van der Waals surface area contributed by atoms with E-state index in [2.05, 4.69) is 20.4 Å². The first kappa shape index (κ1) is 27.4. The summed E-state index contributed by atoms with van der Waals surface area (Å²) in [7, 11) is 1.65. The summed E-state index contributed by atoms with van der Waals surface area (Å²) in [6.07, 6.45) is 4.18. The molecule has 0 heterocycles. The lowest BCUT2D eigenvalue weighted by atomic mass is 10.1. The van der Waals surface area contributed by atoms with Gasteiger partial charge in [-0.1, -0.05) is 30.5 Å². The van der Waals surface area contributed by atoms with Crippen molar-refractivity contribution >= 4 is 35.9 Å². The molecule has 0 unspecified atom stereocenters. The number of guanidine groups is 1. The van der Waals surface area contributed by atoms with Gasteiger partial charge in [0.1, 0.15) is 5.75 Å². The Morgan fingerprint density at radius 1 is 1.17 bits per heavy atom. The molecule has 29 heavy (non-hydrogen) atoms. The SMILES string of the molecule is CCOC(=O)CCCCCCNC(=NC)NCc1cc(C)ccc1OC(F)F.I. The van der Waals surface area contributed by atoms with Gasteiger partial charge in [-0.3, -0.25) is 9.79 Å². The fourth-order valence-electron chi connectivity index (χ4n) is 2.64. The predicted molar refractivity (Wildman–Crippen MR) is 121 cm³/mol. The summed E-state index contributed by atoms with van der Waals surface area (Å²) in [5.74, 6) is 0.609. The highest BCUT2D eigenvalue weighted by molar-refractivity contribution is 14.0. The third-order valence-electron chi connectivity index (χ3n) is 4.01. The smallest absolute Gasteiger partial charge is 0.387 e. The van der Waals surface area contributed by atoms with Crippen LogP contribution in [-0.4, -0.2) is 38.7 Å². The Bertz CT molecular complexity index is 631. The van der Waals surface area contributed by atoms with E-state index in [9.17, 15) is 13.6 Å². The van der Waals surface area contributed by atoms with Gasteiger partial charge in [-0.2, -0.15) is 8.78 Å². The van der Waals surface area contributed by atoms with Gasteiger partial charge in [-0.05, 0) is 32.8 Å². The number of aryl methyl sites for hydroxylation is 1. The molecule has 9 heteroatoms. The van der Waals surface area contributed by atoms with Crippen LogP contribution in [-0.2, 0) is 16.1 Å². The third-order valence-corrected chi connectivity index (χ3v) is 4.01. The van der Waals surface area contributed by atoms with E-state index in [0.717, 1.165) is 37.8 Å². The Kier molecular flexibility index (Phi) is 15.3. The number of aliphatic imine (C=N–C) groups is 1. The van der Waals surface area contributed by atoms with E-state index in [1.165, 1.54) is 0 Å². The Morgan fingerprint density at radius 3 is 2.55 bits per heavy atom. The molecular formula is C20H32F2IN3O3. The molecule has 1 rings (SSSR count). The number of hydrogen-bond acceptors (Lipinski definition) is 4. The van der Waals surface area contributed by atoms with Gasteiger partial charge in [-0.15, -0.1) is 24.0 Å². The molecule has 0 aromatic heterocycles. The van der Waals surface area contributed by atoms with Crippen molar-refractivity contribution in [3.63, 3.8) is 0 Å². The molecule has 166 valence electrons. The number of rotatable bonds is 12. The summed E-state index contributed by atoms with van der Waals surface area (Å²) in [6.45, 7) is 2.31. The van der Waals surface area contributed by atoms with Crippen LogP contribution in [0.4, 0.5) is 8.78 Å². The summed E-state index contributed by atoms with van der Waals surface area (Å²) in [4.78, 5) is 15.4. The molecule has 0 saturated carbocycles. The van der Waals surface area contributed by atoms with Crippen molar-refractivity contribution in [2.75, 3.05) is 20.2 Å². The topological polar surface area (TPSA) is 72.0 Å². The van der Waals surface area contributed by atoms with Gasteiger partial charge >= 0.3 is 12.6 Å². The number of esters is 1. The molecule has 0 aliphatic rings. The lowest BCUT2D eigenvalue weighted by Gasteiger charge is -2.15. The number of nitrogens with one attached hydrogen (secondary N) is 2. The van der Waals surface area contributed by atoms with Crippen molar-refractivity contribution in [3.05, 3.63) is 29.3 Å². The largest absolute Gasteiger partial charge is 0.466 e. The van der Waals surface area contributed by atoms with Crippen molar-refractivity contribution in [2.24, 2.45) is 4.99 Å². The number of benzene rings is 1. The Balaban J connectivity index is 0.00000784. The lowest BCUT2D eigenvalue weighted by molar-refractivity contribution is -0.143. The molecule has 6 nitrogen and oxygen atoms in total. The second-order valence-corrected chi connectivity index (χ2v) is 6.31. The highest BCUT2D eigenvalue weighted by atomic mass is 127. The maximum absolute atomic E-state index is 12.5. The second-order valence-electron chi connectivity index (χ2n) is 6.31. The van der Waals surface area contributed by atoms with Crippen molar-refractivity contribution in [2.45, 2.75) is 59.1 Å². The maximum Gasteiger partial charge on any atom is 0.387 e. The summed E-state index contributed by atoms with van der Waals surface area (Å²) in [5, 5.41) is 6.30. The van der Waals surface area contributed by atoms with Crippen molar-refractivity contribution < 1.29 is 23.0 Å². The first-order valence-electron chi connectivity index (χ1n) is 9.60. The van der Waals surface area contributed by atoms with Crippen LogP contribution in [0.5, 0.6) is 5.75 Å². The highest BCUT2D eigenvalue weighted by Gasteiger charge is 2.10. The van der Waals surface area contributed by atoms with E-state index in [1.54, 1.807) is 26.1 Å². The van der Waals surface area contributed by atoms with Gasteiger partial charge < -0.3 is 20.1 Å². The van der Waals surface area contributed by atoms with Gasteiger partial charge in [0, 0.05) is 32.1 Å². The van der Waals surface area contributed by atoms with Crippen LogP contribution in [0.3, 0.4) is 0 Å². The summed E-state index contributed by atoms with van der Waals surface area (Å²) < 4.78 is 34.5. The lowest BCUT2D eigenvalue weighted by Crippen LogP contribution is -2.37. The molecular weight excluding hydrogens is 495 g/mol. The van der Waals surface area contributed by atoms with Crippen LogP contribution in [0.1, 0.15) is 50.2 Å². The quantitative estimate of drug-likeness (QED) is 0.139. The molecule has 0 amide bonds. The summed E-state index contributed by atoms with van der Waals surface area (Å²) in [6, 6.07) is 5.09. The number of halogens is 3. The minimum atomic E-state index is -2.86. The van der Waals surface area contributed by atoms with Crippen LogP contribution in [0, 0.1) is 6.92 Å². The molecule has 2 N–H and O–H groups in total. The average molecular weight is 527 g/mol. The zero-order chi connectivity index (χ0) is 20.8. The van der Waals surface area contributed by atoms with Gasteiger partial charge in [0.05, 0.1) is 6.61 Å². The van der Waals surface area contributed by atoms with E-state index in [0.29, 0.717) is 31.1 Å². The van der Waals surface area contributed by atoms with Gasteiger partial charge in [-0.25, -0.2) is 0 Å². The molecule has 1 aromatic rings. The van der Waals surface area contributed by atoms with Crippen molar-refractivity contribution in [1.29, 1.82) is 0 Å². The molecule has 1 aromatic carbocycles. The van der Waals surface area contributed by atoms with Gasteiger partial charge in [0.2, 0.25) is 0 Å². The first-order valence-corrected chi connectivity index (χ1v) is 9.60. The Morgan fingerprint density at radius 2 is 1.90 bits per heavy atom. The fraction of sp³-hybridized carbons (Fsp3) is 0.600. The third kappa shape index (κ3) is 12.5. The summed E-state index contributed by atoms with van der Waals surface area (Å²) >= 11 is 0. The molecule has 0 saturated heterocycles. The average Bonchev–Trinajstić information content (AvgIpc) is 2.65. The summed E-state index contributed by atoms with van der Waals surface area (Å²) in [5.41, 5.74) is 1.60. The molecule has 0 aliphatic heterocycles. The van der Waals surface area contributed by atoms with Crippen molar-refractivity contribution in [3.8, 4) is 5.75 Å². The molecule has 0 radical (unpaired) electrons. The predicted octanol–water partition coefficient (Wildman–Crippen LogP) is 4.39. The maximum atomic E-state index is 12.5. The number of ether oxygens (including phenoxy) is 2. The second kappa shape index (κ2) is 16.2. The molecule has 0 aliphatic carbocycles. The van der Waals surface area contributed by atoms with Crippen LogP contribution in [0.25, 0.3) is 0 Å². The van der Waals surface area contributed by atoms with E-state index < -0.39 is 6.61 Å². The van der Waals surface area contributed by atoms with Crippen LogP contribution >= 0.6 is 24.0 Å². The zero-order valence-electron chi connectivity index (χ0n) is 17.3. The normalized spacial score (nSPS) is 11.0. The Hall–Kier alpha value is -1.65. The minimum Gasteiger partial charge on any atom is -0.466 e. The number of carbonyl (C=O) groups is 1. The number of hydrogen-bond donors (Lipinski definition) is 2. The first-order chi connectivity index (χ1) is 13.5. The number of alkyl halides is 2. The highest BCUT2D eigenvalue weighted by Crippen LogP contribution is 2.21. The van der Waals surface area contributed by atoms with Gasteiger partial charge in [0.15, 0.2) is 5.96 Å².